The Bertz CT molecular complexity index is 1570. The van der Waals surface area contributed by atoms with Crippen molar-refractivity contribution in [3.63, 3.8) is 0 Å². The molecule has 0 amide bonds. The minimum Gasteiger partial charge on any atom is -0.496 e. The van der Waals surface area contributed by atoms with Crippen LogP contribution in [0.5, 0.6) is 5.75 Å². The molecule has 9 heteroatoms. The zero-order valence-electron chi connectivity index (χ0n) is 20.7. The molecule has 0 aliphatic heterocycles. The Hall–Kier alpha value is -3.88. The van der Waals surface area contributed by atoms with Gasteiger partial charge in [0.1, 0.15) is 34.6 Å². The van der Waals surface area contributed by atoms with Gasteiger partial charge in [-0.05, 0) is 65.5 Å². The van der Waals surface area contributed by atoms with E-state index < -0.39 is 0 Å². The first-order valence-electron chi connectivity index (χ1n) is 12.1. The van der Waals surface area contributed by atoms with Crippen molar-refractivity contribution in [3.05, 3.63) is 40.7 Å². The van der Waals surface area contributed by atoms with Crippen LogP contribution in [-0.4, -0.2) is 37.0 Å². The number of anilines is 2. The lowest BCUT2D eigenvalue weighted by atomic mass is 9.97. The number of benzene rings is 1. The van der Waals surface area contributed by atoms with E-state index in [1.165, 1.54) is 24.1 Å². The predicted molar refractivity (Wildman–Crippen MR) is 135 cm³/mol. The number of aryl methyl sites for hydroxylation is 5. The average Bonchev–Trinajstić information content (AvgIpc) is 3.50. The minimum atomic E-state index is 0.695. The van der Waals surface area contributed by atoms with Crippen LogP contribution in [-0.2, 0) is 19.4 Å². The summed E-state index contributed by atoms with van der Waals surface area (Å²) in [6.45, 7) is 8.69. The third-order valence-electron chi connectivity index (χ3n) is 6.95. The highest BCUT2D eigenvalue weighted by Crippen LogP contribution is 2.41. The summed E-state index contributed by atoms with van der Waals surface area (Å²) in [7, 11) is 1.68. The number of ether oxygens (including phenoxy) is 1. The molecule has 0 saturated carbocycles. The lowest BCUT2D eigenvalue weighted by Gasteiger charge is -2.14. The number of methoxy groups -OCH3 is 1. The second-order valence-corrected chi connectivity index (χ2v) is 9.19. The maximum atomic E-state index is 5.83. The van der Waals surface area contributed by atoms with Crippen LogP contribution >= 0.6 is 0 Å². The first-order chi connectivity index (χ1) is 17.0. The average molecular weight is 472 g/mol. The van der Waals surface area contributed by atoms with Gasteiger partial charge in [-0.15, -0.1) is 0 Å². The highest BCUT2D eigenvalue weighted by Gasteiger charge is 2.24. The Labute approximate surface area is 202 Å². The monoisotopic (exact) mass is 471 g/mol. The summed E-state index contributed by atoms with van der Waals surface area (Å²) in [5.41, 5.74) is 6.94. The molecule has 4 heterocycles. The molecule has 0 bridgehead atoms. The van der Waals surface area contributed by atoms with Crippen molar-refractivity contribution in [2.75, 3.05) is 12.4 Å². The van der Waals surface area contributed by atoms with E-state index in [0.29, 0.717) is 5.82 Å². The Balaban J connectivity index is 1.57. The van der Waals surface area contributed by atoms with Gasteiger partial charge in [-0.25, -0.2) is 14.6 Å². The van der Waals surface area contributed by atoms with Crippen molar-refractivity contribution in [2.24, 2.45) is 0 Å². The normalized spacial score (nSPS) is 13.5. The quantitative estimate of drug-likeness (QED) is 0.347. The van der Waals surface area contributed by atoms with Gasteiger partial charge in [0.15, 0.2) is 0 Å². The van der Waals surface area contributed by atoms with Crippen LogP contribution < -0.4 is 10.1 Å². The molecule has 0 atom stereocenters. The summed E-state index contributed by atoms with van der Waals surface area (Å²) >= 11 is 0. The maximum Gasteiger partial charge on any atom is 0.145 e. The van der Waals surface area contributed by atoms with Gasteiger partial charge >= 0.3 is 0 Å². The van der Waals surface area contributed by atoms with Gasteiger partial charge < -0.3 is 19.6 Å². The second kappa shape index (κ2) is 8.11. The molecule has 2 N–H and O–H groups in total. The Morgan fingerprint density at radius 3 is 2.71 bits per heavy atom. The van der Waals surface area contributed by atoms with E-state index in [1.54, 1.807) is 7.11 Å². The van der Waals surface area contributed by atoms with Crippen molar-refractivity contribution in [2.45, 2.75) is 59.9 Å². The van der Waals surface area contributed by atoms with Gasteiger partial charge in [0.25, 0.3) is 0 Å². The highest BCUT2D eigenvalue weighted by atomic mass is 16.5. The fourth-order valence-electron chi connectivity index (χ4n) is 5.35. The largest absolute Gasteiger partial charge is 0.496 e. The lowest BCUT2D eigenvalue weighted by Crippen LogP contribution is -2.07. The SMILES string of the molecule is CCn1nc2c(c1Nc1nc(C)nc3[nH]c4cc(-c5c(C)noc5C)c(OC)cc4c13)CCCC2. The van der Waals surface area contributed by atoms with Crippen LogP contribution in [0.1, 0.15) is 48.3 Å². The molecule has 0 spiro atoms. The van der Waals surface area contributed by atoms with Crippen molar-refractivity contribution in [1.29, 1.82) is 0 Å². The van der Waals surface area contributed by atoms with Crippen molar-refractivity contribution < 1.29 is 9.26 Å². The van der Waals surface area contributed by atoms with Gasteiger partial charge in [-0.1, -0.05) is 5.16 Å². The molecule has 0 fully saturated rings. The molecule has 0 radical (unpaired) electrons. The van der Waals surface area contributed by atoms with Crippen molar-refractivity contribution >= 4 is 33.6 Å². The van der Waals surface area contributed by atoms with E-state index in [4.69, 9.17) is 24.3 Å². The first kappa shape index (κ1) is 21.6. The number of aromatic nitrogens is 6. The van der Waals surface area contributed by atoms with E-state index in [9.17, 15) is 0 Å². The molecule has 1 aromatic carbocycles. The van der Waals surface area contributed by atoms with Crippen LogP contribution in [0, 0.1) is 20.8 Å². The molecule has 6 rings (SSSR count). The molecular weight excluding hydrogens is 442 g/mol. The van der Waals surface area contributed by atoms with Gasteiger partial charge in [0.05, 0.1) is 29.4 Å². The fraction of sp³-hybridized carbons (Fsp3) is 0.385. The molecule has 1 aliphatic rings. The molecule has 4 aromatic heterocycles. The van der Waals surface area contributed by atoms with Crippen LogP contribution in [0.4, 0.5) is 11.6 Å². The molecule has 0 unspecified atom stereocenters. The molecular formula is C26H29N7O2. The zero-order chi connectivity index (χ0) is 24.3. The number of hydrogen-bond donors (Lipinski definition) is 2. The van der Waals surface area contributed by atoms with E-state index in [-0.39, 0.29) is 0 Å². The van der Waals surface area contributed by atoms with E-state index in [1.807, 2.05) is 26.8 Å². The summed E-state index contributed by atoms with van der Waals surface area (Å²) in [5.74, 6) is 4.01. The van der Waals surface area contributed by atoms with E-state index >= 15 is 0 Å². The Morgan fingerprint density at radius 2 is 1.97 bits per heavy atom. The number of aromatic amines is 1. The number of fused-ring (bicyclic) bond motifs is 4. The third kappa shape index (κ3) is 3.37. The third-order valence-corrected chi connectivity index (χ3v) is 6.95. The topological polar surface area (TPSA) is 107 Å². The standard InChI is InChI=1S/C26H29N7O2/c1-6-33-26(16-9-7-8-10-19(16)31-33)30-25-23-17-12-21(34-5)18(22-13(2)32-35-14(22)3)11-20(17)29-24(23)27-15(4)28-25/h11-12H,6-10H2,1-5H3,(H2,27,28,29,30). The lowest BCUT2D eigenvalue weighted by molar-refractivity contribution is 0.393. The molecule has 5 aromatic rings. The minimum absolute atomic E-state index is 0.695. The summed E-state index contributed by atoms with van der Waals surface area (Å²) in [6.07, 6.45) is 4.45. The molecule has 180 valence electrons. The Kier molecular flexibility index (Phi) is 5.01. The number of nitrogens with one attached hydrogen (secondary N) is 2. The number of H-pyrrole nitrogens is 1. The van der Waals surface area contributed by atoms with Crippen LogP contribution in [0.2, 0.25) is 0 Å². The van der Waals surface area contributed by atoms with Crippen molar-refractivity contribution in [3.8, 4) is 16.9 Å². The molecule has 0 saturated heterocycles. The molecule has 9 nitrogen and oxygen atoms in total. The van der Waals surface area contributed by atoms with Crippen molar-refractivity contribution in [1.82, 2.24) is 29.9 Å². The summed E-state index contributed by atoms with van der Waals surface area (Å²) in [6, 6.07) is 4.13. The fourth-order valence-corrected chi connectivity index (χ4v) is 5.35. The molecule has 1 aliphatic carbocycles. The van der Waals surface area contributed by atoms with Gasteiger partial charge in [-0.3, -0.25) is 0 Å². The second-order valence-electron chi connectivity index (χ2n) is 9.19. The van der Waals surface area contributed by atoms with Crippen LogP contribution in [0.3, 0.4) is 0 Å². The summed E-state index contributed by atoms with van der Waals surface area (Å²) < 4.78 is 13.3. The predicted octanol–water partition coefficient (Wildman–Crippen LogP) is 5.54. The highest BCUT2D eigenvalue weighted by molar-refractivity contribution is 6.13. The van der Waals surface area contributed by atoms with E-state index in [0.717, 1.165) is 81.3 Å². The van der Waals surface area contributed by atoms with Gasteiger partial charge in [0.2, 0.25) is 0 Å². The van der Waals surface area contributed by atoms with E-state index in [2.05, 4.69) is 33.1 Å². The van der Waals surface area contributed by atoms with Crippen LogP contribution in [0.25, 0.3) is 33.1 Å². The number of rotatable bonds is 5. The first-order valence-corrected chi connectivity index (χ1v) is 12.1. The summed E-state index contributed by atoms with van der Waals surface area (Å²) in [4.78, 5) is 13.0. The maximum absolute atomic E-state index is 5.83. The van der Waals surface area contributed by atoms with Crippen LogP contribution in [0.15, 0.2) is 16.7 Å². The van der Waals surface area contributed by atoms with Gasteiger partial charge in [-0.2, -0.15) is 5.10 Å². The number of hydrogen-bond acceptors (Lipinski definition) is 7. The Morgan fingerprint density at radius 1 is 1.14 bits per heavy atom. The molecule has 35 heavy (non-hydrogen) atoms. The zero-order valence-corrected chi connectivity index (χ0v) is 20.7. The smallest absolute Gasteiger partial charge is 0.145 e. The summed E-state index contributed by atoms with van der Waals surface area (Å²) in [5, 5.41) is 14.6. The van der Waals surface area contributed by atoms with Gasteiger partial charge in [0, 0.05) is 28.6 Å². The number of nitrogens with zero attached hydrogens (tertiary/aromatic N) is 5.